The second-order valence-electron chi connectivity index (χ2n) is 2.23. The highest BCUT2D eigenvalue weighted by Crippen LogP contribution is 2.11. The van der Waals surface area contributed by atoms with Gasteiger partial charge in [0, 0.05) is 6.42 Å². The number of carbonyl (C=O) groups excluding carboxylic acids is 1. The molecule has 1 aliphatic rings. The SMILES string of the molecule is NNS(=O)(=O)C1=CCC(=O)C=C1. The van der Waals surface area contributed by atoms with E-state index in [9.17, 15) is 13.2 Å². The molecule has 0 aromatic rings. The number of rotatable bonds is 2. The van der Waals surface area contributed by atoms with Gasteiger partial charge in [-0.1, -0.05) is 6.08 Å². The summed E-state index contributed by atoms with van der Waals surface area (Å²) < 4.78 is 22.0. The van der Waals surface area contributed by atoms with Gasteiger partial charge in [-0.25, -0.2) is 8.42 Å². The smallest absolute Gasteiger partial charge is 0.252 e. The minimum Gasteiger partial charge on any atom is -0.295 e. The summed E-state index contributed by atoms with van der Waals surface area (Å²) >= 11 is 0. The zero-order valence-corrected chi connectivity index (χ0v) is 6.97. The molecule has 0 fully saturated rings. The summed E-state index contributed by atoms with van der Waals surface area (Å²) in [6, 6.07) is 0. The van der Waals surface area contributed by atoms with Crippen LogP contribution in [0.25, 0.3) is 0 Å². The molecule has 0 aromatic carbocycles. The van der Waals surface area contributed by atoms with E-state index < -0.39 is 10.0 Å². The average molecular weight is 188 g/mol. The number of hydrogen-bond acceptors (Lipinski definition) is 4. The molecule has 0 spiro atoms. The first kappa shape index (κ1) is 9.11. The molecular weight excluding hydrogens is 180 g/mol. The van der Waals surface area contributed by atoms with Gasteiger partial charge >= 0.3 is 0 Å². The van der Waals surface area contributed by atoms with E-state index >= 15 is 0 Å². The molecule has 0 radical (unpaired) electrons. The van der Waals surface area contributed by atoms with Crippen LogP contribution in [0.2, 0.25) is 0 Å². The molecule has 66 valence electrons. The predicted molar refractivity (Wildman–Crippen MR) is 43.1 cm³/mol. The minimum absolute atomic E-state index is 0.0320. The fourth-order valence-electron chi connectivity index (χ4n) is 0.780. The largest absolute Gasteiger partial charge is 0.295 e. The number of sulfonamides is 1. The molecular formula is C6H8N2O3S. The van der Waals surface area contributed by atoms with Crippen molar-refractivity contribution in [1.82, 2.24) is 4.83 Å². The second-order valence-corrected chi connectivity index (χ2v) is 3.95. The lowest BCUT2D eigenvalue weighted by atomic mass is 10.2. The zero-order chi connectivity index (χ0) is 9.19. The fourth-order valence-corrected chi connectivity index (χ4v) is 1.47. The van der Waals surface area contributed by atoms with Gasteiger partial charge in [0.05, 0.1) is 4.91 Å². The predicted octanol–water partition coefficient (Wildman–Crippen LogP) is -0.808. The Balaban J connectivity index is 2.95. The molecule has 12 heavy (non-hydrogen) atoms. The maximum atomic E-state index is 11.0. The van der Waals surface area contributed by atoms with Crippen molar-refractivity contribution in [2.45, 2.75) is 6.42 Å². The van der Waals surface area contributed by atoms with Crippen LogP contribution in [0.3, 0.4) is 0 Å². The van der Waals surface area contributed by atoms with Crippen molar-refractivity contribution in [2.75, 3.05) is 0 Å². The van der Waals surface area contributed by atoms with Crippen LogP contribution in [0.5, 0.6) is 0 Å². The highest BCUT2D eigenvalue weighted by molar-refractivity contribution is 7.93. The summed E-state index contributed by atoms with van der Waals surface area (Å²) in [6.45, 7) is 0. The summed E-state index contributed by atoms with van der Waals surface area (Å²) in [5.41, 5.74) is 0. The molecule has 5 nitrogen and oxygen atoms in total. The van der Waals surface area contributed by atoms with Gasteiger partial charge in [0.1, 0.15) is 0 Å². The number of allylic oxidation sites excluding steroid dienone is 3. The Hall–Kier alpha value is -0.980. The van der Waals surface area contributed by atoms with Crippen LogP contribution in [0.1, 0.15) is 6.42 Å². The molecule has 0 saturated carbocycles. The zero-order valence-electron chi connectivity index (χ0n) is 6.15. The van der Waals surface area contributed by atoms with E-state index in [0.717, 1.165) is 0 Å². The Morgan fingerprint density at radius 3 is 2.50 bits per heavy atom. The van der Waals surface area contributed by atoms with Crippen LogP contribution < -0.4 is 10.7 Å². The molecule has 0 amide bonds. The van der Waals surface area contributed by atoms with E-state index in [1.807, 2.05) is 0 Å². The van der Waals surface area contributed by atoms with Crippen LogP contribution >= 0.6 is 0 Å². The Bertz CT molecular complexity index is 353. The van der Waals surface area contributed by atoms with E-state index in [4.69, 9.17) is 5.84 Å². The summed E-state index contributed by atoms with van der Waals surface area (Å²) in [7, 11) is -3.59. The molecule has 0 saturated heterocycles. The van der Waals surface area contributed by atoms with Crippen LogP contribution in [-0.2, 0) is 14.8 Å². The molecule has 0 aromatic heterocycles. The lowest BCUT2D eigenvalue weighted by Gasteiger charge is -2.05. The molecule has 1 aliphatic carbocycles. The van der Waals surface area contributed by atoms with Gasteiger partial charge in [-0.3, -0.25) is 10.6 Å². The number of hydrazine groups is 1. The molecule has 6 heteroatoms. The van der Waals surface area contributed by atoms with Crippen molar-refractivity contribution in [3.8, 4) is 0 Å². The van der Waals surface area contributed by atoms with E-state index in [1.165, 1.54) is 18.2 Å². The molecule has 0 bridgehead atoms. The Labute approximate surface area is 70.0 Å². The summed E-state index contributed by atoms with van der Waals surface area (Å²) in [5, 5.41) is 0. The molecule has 0 aliphatic heterocycles. The topological polar surface area (TPSA) is 89.3 Å². The van der Waals surface area contributed by atoms with Gasteiger partial charge in [0.25, 0.3) is 10.0 Å². The molecule has 1 rings (SSSR count). The third kappa shape index (κ3) is 1.79. The number of ketones is 1. The summed E-state index contributed by atoms with van der Waals surface area (Å²) in [5.74, 6) is 4.65. The van der Waals surface area contributed by atoms with E-state index in [-0.39, 0.29) is 17.1 Å². The van der Waals surface area contributed by atoms with Crippen LogP contribution in [0, 0.1) is 0 Å². The minimum atomic E-state index is -3.59. The Morgan fingerprint density at radius 1 is 1.42 bits per heavy atom. The van der Waals surface area contributed by atoms with Crippen LogP contribution in [0.4, 0.5) is 0 Å². The van der Waals surface area contributed by atoms with Gasteiger partial charge in [0.15, 0.2) is 5.78 Å². The molecule has 0 atom stereocenters. The van der Waals surface area contributed by atoms with Crippen molar-refractivity contribution < 1.29 is 13.2 Å². The van der Waals surface area contributed by atoms with Crippen LogP contribution in [-0.4, -0.2) is 14.2 Å². The van der Waals surface area contributed by atoms with Crippen molar-refractivity contribution >= 4 is 15.8 Å². The molecule has 0 heterocycles. The van der Waals surface area contributed by atoms with E-state index in [0.29, 0.717) is 0 Å². The highest BCUT2D eigenvalue weighted by atomic mass is 32.2. The lowest BCUT2D eigenvalue weighted by Crippen LogP contribution is -2.31. The summed E-state index contributed by atoms with van der Waals surface area (Å²) in [6.07, 6.45) is 3.86. The number of carbonyl (C=O) groups is 1. The first-order chi connectivity index (χ1) is 5.56. The van der Waals surface area contributed by atoms with Gasteiger partial charge in [-0.2, -0.15) is 4.83 Å². The number of nitrogens with one attached hydrogen (secondary N) is 1. The van der Waals surface area contributed by atoms with Gasteiger partial charge in [-0.15, -0.1) is 0 Å². The Morgan fingerprint density at radius 2 is 2.08 bits per heavy atom. The van der Waals surface area contributed by atoms with Gasteiger partial charge in [-0.05, 0) is 12.2 Å². The lowest BCUT2D eigenvalue weighted by molar-refractivity contribution is -0.113. The number of hydrogen-bond donors (Lipinski definition) is 2. The van der Waals surface area contributed by atoms with Gasteiger partial charge in [0.2, 0.25) is 0 Å². The second kappa shape index (κ2) is 3.18. The maximum absolute atomic E-state index is 11.0. The third-order valence-corrected chi connectivity index (χ3v) is 2.64. The highest BCUT2D eigenvalue weighted by Gasteiger charge is 2.15. The van der Waals surface area contributed by atoms with Crippen molar-refractivity contribution in [3.63, 3.8) is 0 Å². The van der Waals surface area contributed by atoms with E-state index in [1.54, 1.807) is 4.83 Å². The average Bonchev–Trinajstić information content (AvgIpc) is 2.05. The first-order valence-corrected chi connectivity index (χ1v) is 4.68. The standard InChI is InChI=1S/C6H8N2O3S/c7-8-12(10,11)6-3-1-5(9)2-4-6/h1,3-4,8H,2,7H2. The summed E-state index contributed by atoms with van der Waals surface area (Å²) in [4.78, 5) is 12.3. The maximum Gasteiger partial charge on any atom is 0.252 e. The fraction of sp³-hybridized carbons (Fsp3) is 0.167. The van der Waals surface area contributed by atoms with Crippen molar-refractivity contribution in [2.24, 2.45) is 5.84 Å². The quantitative estimate of drug-likeness (QED) is 0.438. The normalized spacial score (nSPS) is 17.8. The Kier molecular flexibility index (Phi) is 2.41. The van der Waals surface area contributed by atoms with Gasteiger partial charge < -0.3 is 0 Å². The molecule has 3 N–H and O–H groups in total. The van der Waals surface area contributed by atoms with Crippen LogP contribution in [0.15, 0.2) is 23.1 Å². The van der Waals surface area contributed by atoms with Crippen molar-refractivity contribution in [1.29, 1.82) is 0 Å². The van der Waals surface area contributed by atoms with E-state index in [2.05, 4.69) is 0 Å². The molecule has 0 unspecified atom stereocenters. The first-order valence-electron chi connectivity index (χ1n) is 3.20. The third-order valence-electron chi connectivity index (χ3n) is 1.40. The monoisotopic (exact) mass is 188 g/mol. The van der Waals surface area contributed by atoms with Crippen molar-refractivity contribution in [3.05, 3.63) is 23.1 Å². The number of nitrogens with two attached hydrogens (primary N) is 1.